The molecule has 1 saturated heterocycles. The number of hydrogen-bond acceptors (Lipinski definition) is 3. The molecule has 0 radical (unpaired) electrons. The molecule has 0 spiro atoms. The fourth-order valence-corrected chi connectivity index (χ4v) is 3.87. The van der Waals surface area contributed by atoms with Crippen LogP contribution in [0.2, 0.25) is 0 Å². The number of nitro benzene ring substituents is 1. The van der Waals surface area contributed by atoms with Crippen LogP contribution in [-0.2, 0) is 6.54 Å². The molecule has 5 nitrogen and oxygen atoms in total. The molecule has 0 unspecified atom stereocenters. The molecule has 1 fully saturated rings. The summed E-state index contributed by atoms with van der Waals surface area (Å²) in [6, 6.07) is 18.6. The summed E-state index contributed by atoms with van der Waals surface area (Å²) in [4.78, 5) is 14.2. The van der Waals surface area contributed by atoms with Crippen molar-refractivity contribution in [2.45, 2.75) is 6.54 Å². The number of quaternary nitrogens is 1. The first-order valence-corrected chi connectivity index (χ1v) is 9.11. The van der Waals surface area contributed by atoms with Gasteiger partial charge in [0.05, 0.1) is 37.2 Å². The standard InChI is InChI=1S/C21H20FN3O2/c22-18-8-9-20(21(14-18)25(26)27)24-12-10-23(11-13-24)15-17-6-3-5-16-4-1-2-7-19(16)17/h1-9,14H,10-13,15H2/p+1. The van der Waals surface area contributed by atoms with E-state index >= 15 is 0 Å². The van der Waals surface area contributed by atoms with Crippen molar-refractivity contribution in [1.29, 1.82) is 0 Å². The Morgan fingerprint density at radius 1 is 1.04 bits per heavy atom. The largest absolute Gasteiger partial charge is 0.355 e. The van der Waals surface area contributed by atoms with Gasteiger partial charge in [0.1, 0.15) is 18.0 Å². The highest BCUT2D eigenvalue weighted by Gasteiger charge is 2.26. The number of rotatable bonds is 4. The number of anilines is 1. The van der Waals surface area contributed by atoms with Gasteiger partial charge in [0.25, 0.3) is 5.69 Å². The SMILES string of the molecule is O=[N+]([O-])c1cc(F)ccc1N1CC[NH+](Cc2cccc3ccccc23)CC1. The molecular formula is C21H21FN3O2+. The van der Waals surface area contributed by atoms with E-state index in [1.807, 2.05) is 11.0 Å². The van der Waals surface area contributed by atoms with Crippen LogP contribution in [0.25, 0.3) is 10.8 Å². The van der Waals surface area contributed by atoms with Crippen LogP contribution in [0.15, 0.2) is 60.7 Å². The Balaban J connectivity index is 1.47. The van der Waals surface area contributed by atoms with E-state index in [2.05, 4.69) is 36.4 Å². The van der Waals surface area contributed by atoms with E-state index in [1.165, 1.54) is 33.4 Å². The lowest BCUT2D eigenvalue weighted by Crippen LogP contribution is -3.13. The Morgan fingerprint density at radius 2 is 1.78 bits per heavy atom. The molecule has 1 heterocycles. The van der Waals surface area contributed by atoms with Crippen LogP contribution in [0.4, 0.5) is 15.8 Å². The van der Waals surface area contributed by atoms with E-state index in [9.17, 15) is 14.5 Å². The van der Waals surface area contributed by atoms with Crippen molar-refractivity contribution in [3.8, 4) is 0 Å². The van der Waals surface area contributed by atoms with Gasteiger partial charge in [-0.1, -0.05) is 42.5 Å². The summed E-state index contributed by atoms with van der Waals surface area (Å²) < 4.78 is 13.4. The molecule has 138 valence electrons. The first-order chi connectivity index (χ1) is 13.1. The molecule has 3 aromatic carbocycles. The Morgan fingerprint density at radius 3 is 2.56 bits per heavy atom. The number of benzene rings is 3. The highest BCUT2D eigenvalue weighted by molar-refractivity contribution is 5.85. The van der Waals surface area contributed by atoms with Crippen molar-refractivity contribution in [2.24, 2.45) is 0 Å². The summed E-state index contributed by atoms with van der Waals surface area (Å²) in [7, 11) is 0. The Labute approximate surface area is 156 Å². The number of nitro groups is 1. The molecule has 1 N–H and O–H groups in total. The Kier molecular flexibility index (Phi) is 4.73. The minimum Gasteiger partial charge on any atom is -0.355 e. The third-order valence-electron chi connectivity index (χ3n) is 5.27. The molecule has 6 heteroatoms. The maximum absolute atomic E-state index is 13.4. The van der Waals surface area contributed by atoms with Crippen LogP contribution < -0.4 is 9.80 Å². The zero-order chi connectivity index (χ0) is 18.8. The van der Waals surface area contributed by atoms with Crippen LogP contribution in [0.1, 0.15) is 5.56 Å². The summed E-state index contributed by atoms with van der Waals surface area (Å²) in [6.07, 6.45) is 0. The highest BCUT2D eigenvalue weighted by atomic mass is 19.1. The van der Waals surface area contributed by atoms with Crippen molar-refractivity contribution in [2.75, 3.05) is 31.1 Å². The molecule has 1 aliphatic heterocycles. The molecule has 0 amide bonds. The van der Waals surface area contributed by atoms with Crippen molar-refractivity contribution < 1.29 is 14.2 Å². The topological polar surface area (TPSA) is 50.8 Å². The summed E-state index contributed by atoms with van der Waals surface area (Å²) in [5.74, 6) is -0.578. The van der Waals surface area contributed by atoms with Gasteiger partial charge < -0.3 is 9.80 Å². The maximum atomic E-state index is 13.4. The predicted octanol–water partition coefficient (Wildman–Crippen LogP) is 2.79. The first kappa shape index (κ1) is 17.4. The van der Waals surface area contributed by atoms with E-state index in [4.69, 9.17) is 0 Å². The first-order valence-electron chi connectivity index (χ1n) is 9.11. The number of nitrogens with zero attached hydrogens (tertiary/aromatic N) is 2. The van der Waals surface area contributed by atoms with Gasteiger partial charge in [0.15, 0.2) is 0 Å². The van der Waals surface area contributed by atoms with Crippen molar-refractivity contribution >= 4 is 22.1 Å². The van der Waals surface area contributed by atoms with Crippen molar-refractivity contribution in [3.05, 3.63) is 82.2 Å². The molecule has 0 atom stereocenters. The third kappa shape index (κ3) is 3.61. The van der Waals surface area contributed by atoms with Crippen LogP contribution in [0.3, 0.4) is 0 Å². The molecule has 0 aliphatic carbocycles. The van der Waals surface area contributed by atoms with E-state index in [-0.39, 0.29) is 5.69 Å². The number of nitrogens with one attached hydrogen (secondary N) is 1. The lowest BCUT2D eigenvalue weighted by atomic mass is 10.0. The average molecular weight is 366 g/mol. The van der Waals surface area contributed by atoms with Crippen LogP contribution in [0.5, 0.6) is 0 Å². The number of hydrogen-bond donors (Lipinski definition) is 1. The molecule has 4 rings (SSSR count). The zero-order valence-electron chi connectivity index (χ0n) is 14.9. The van der Waals surface area contributed by atoms with Crippen molar-refractivity contribution in [3.63, 3.8) is 0 Å². The van der Waals surface area contributed by atoms with Crippen molar-refractivity contribution in [1.82, 2.24) is 0 Å². The number of fused-ring (bicyclic) bond motifs is 1. The smallest absolute Gasteiger partial charge is 0.295 e. The molecule has 0 bridgehead atoms. The summed E-state index contributed by atoms with van der Waals surface area (Å²) >= 11 is 0. The normalized spacial score (nSPS) is 15.2. The van der Waals surface area contributed by atoms with E-state index in [1.54, 1.807) is 0 Å². The van der Waals surface area contributed by atoms with Gasteiger partial charge in [-0.25, -0.2) is 4.39 Å². The summed E-state index contributed by atoms with van der Waals surface area (Å²) in [6.45, 7) is 4.13. The van der Waals surface area contributed by atoms with Crippen LogP contribution in [0, 0.1) is 15.9 Å². The van der Waals surface area contributed by atoms with E-state index < -0.39 is 10.7 Å². The molecule has 1 aliphatic rings. The van der Waals surface area contributed by atoms with Gasteiger partial charge in [-0.15, -0.1) is 0 Å². The molecule has 27 heavy (non-hydrogen) atoms. The predicted molar refractivity (Wildman–Crippen MR) is 104 cm³/mol. The molecular weight excluding hydrogens is 345 g/mol. The number of halogens is 1. The minimum absolute atomic E-state index is 0.160. The molecule has 3 aromatic rings. The van der Waals surface area contributed by atoms with E-state index in [0.29, 0.717) is 18.8 Å². The van der Waals surface area contributed by atoms with Gasteiger partial charge in [0, 0.05) is 5.56 Å². The summed E-state index contributed by atoms with van der Waals surface area (Å²) in [5.41, 5.74) is 1.67. The quantitative estimate of drug-likeness (QED) is 0.571. The second-order valence-electron chi connectivity index (χ2n) is 6.94. The zero-order valence-corrected chi connectivity index (χ0v) is 14.9. The van der Waals surface area contributed by atoms with E-state index in [0.717, 1.165) is 25.7 Å². The van der Waals surface area contributed by atoms with Gasteiger partial charge in [-0.05, 0) is 22.9 Å². The van der Waals surface area contributed by atoms with Gasteiger partial charge >= 0.3 is 0 Å². The van der Waals surface area contributed by atoms with Gasteiger partial charge in [0.2, 0.25) is 0 Å². The van der Waals surface area contributed by atoms with Crippen LogP contribution in [-0.4, -0.2) is 31.1 Å². The second kappa shape index (κ2) is 7.32. The monoisotopic (exact) mass is 366 g/mol. The fourth-order valence-electron chi connectivity index (χ4n) is 3.87. The Hall–Kier alpha value is -2.99. The highest BCUT2D eigenvalue weighted by Crippen LogP contribution is 2.28. The third-order valence-corrected chi connectivity index (χ3v) is 5.27. The van der Waals surface area contributed by atoms with Crippen LogP contribution >= 0.6 is 0 Å². The second-order valence-corrected chi connectivity index (χ2v) is 6.94. The lowest BCUT2D eigenvalue weighted by Gasteiger charge is -2.33. The maximum Gasteiger partial charge on any atom is 0.295 e. The fraction of sp³-hybridized carbons (Fsp3) is 0.238. The lowest BCUT2D eigenvalue weighted by molar-refractivity contribution is -0.914. The minimum atomic E-state index is -0.578. The van der Waals surface area contributed by atoms with Gasteiger partial charge in [-0.3, -0.25) is 10.1 Å². The molecule has 0 aromatic heterocycles. The number of piperazine rings is 1. The average Bonchev–Trinajstić information content (AvgIpc) is 2.69. The summed E-state index contributed by atoms with van der Waals surface area (Å²) in [5, 5.41) is 13.8. The van der Waals surface area contributed by atoms with Gasteiger partial charge in [-0.2, -0.15) is 0 Å². The Bertz CT molecular complexity index is 979. The molecule has 0 saturated carbocycles.